The lowest BCUT2D eigenvalue weighted by atomic mass is 10.2. The monoisotopic (exact) mass is 536 g/mol. The third-order valence-corrected chi connectivity index (χ3v) is 7.20. The summed E-state index contributed by atoms with van der Waals surface area (Å²) in [6.45, 7) is 0.349. The molecule has 11 nitrogen and oxygen atoms in total. The van der Waals surface area contributed by atoms with Gasteiger partial charge in [-0.15, -0.1) is 10.2 Å². The first kappa shape index (κ1) is 24.5. The van der Waals surface area contributed by atoms with Crippen molar-refractivity contribution < 1.29 is 4.79 Å². The first-order valence-electron chi connectivity index (χ1n) is 11.1. The third-order valence-electron chi connectivity index (χ3n) is 5.95. The Morgan fingerprint density at radius 2 is 1.76 bits per heavy atom. The van der Waals surface area contributed by atoms with Crippen LogP contribution in [0.2, 0.25) is 5.02 Å². The number of aromatic nitrogens is 7. The number of thioether (sulfide) groups is 1. The smallest absolute Gasteiger partial charge is 0.332 e. The maximum Gasteiger partial charge on any atom is 0.332 e. The van der Waals surface area contributed by atoms with Crippen LogP contribution in [0.15, 0.2) is 69.6 Å². The van der Waals surface area contributed by atoms with Crippen molar-refractivity contribution in [2.24, 2.45) is 14.1 Å². The maximum absolute atomic E-state index is 13.1. The van der Waals surface area contributed by atoms with E-state index in [9.17, 15) is 14.4 Å². The van der Waals surface area contributed by atoms with Gasteiger partial charge in [-0.05, 0) is 24.3 Å². The number of carbonyl (C=O) groups is 1. The van der Waals surface area contributed by atoms with Crippen molar-refractivity contribution in [2.45, 2.75) is 11.7 Å². The van der Waals surface area contributed by atoms with Gasteiger partial charge in [0.1, 0.15) is 11.4 Å². The number of hydrogen-bond acceptors (Lipinski definition) is 8. The van der Waals surface area contributed by atoms with Crippen LogP contribution in [0, 0.1) is 0 Å². The van der Waals surface area contributed by atoms with Crippen LogP contribution >= 0.6 is 23.4 Å². The van der Waals surface area contributed by atoms with Crippen molar-refractivity contribution in [3.05, 3.63) is 92.1 Å². The Kier molecular flexibility index (Phi) is 6.44. The van der Waals surface area contributed by atoms with Gasteiger partial charge in [0.05, 0.1) is 40.4 Å². The zero-order chi connectivity index (χ0) is 26.3. The fraction of sp³-hybridized carbons (Fsp3) is 0.167. The van der Waals surface area contributed by atoms with Crippen molar-refractivity contribution in [1.82, 2.24) is 33.4 Å². The largest absolute Gasteiger partial charge is 0.384 e. The van der Waals surface area contributed by atoms with Crippen molar-refractivity contribution in [1.29, 1.82) is 0 Å². The van der Waals surface area contributed by atoms with Gasteiger partial charge in [0.2, 0.25) is 0 Å². The highest BCUT2D eigenvalue weighted by atomic mass is 35.5. The van der Waals surface area contributed by atoms with Gasteiger partial charge in [-0.2, -0.15) is 0 Å². The summed E-state index contributed by atoms with van der Waals surface area (Å²) in [6, 6.07) is 15.0. The van der Waals surface area contributed by atoms with E-state index in [4.69, 9.17) is 17.3 Å². The number of nitrogens with two attached hydrogens (primary N) is 1. The predicted molar refractivity (Wildman–Crippen MR) is 142 cm³/mol. The molecule has 0 atom stereocenters. The molecule has 3 aromatic heterocycles. The van der Waals surface area contributed by atoms with E-state index in [0.717, 1.165) is 31.9 Å². The van der Waals surface area contributed by atoms with Crippen LogP contribution in [-0.4, -0.2) is 45.0 Å². The molecule has 0 aliphatic heterocycles. The molecule has 0 bridgehead atoms. The number of ketones is 1. The topological polar surface area (TPSA) is 136 Å². The second kappa shape index (κ2) is 9.71. The minimum atomic E-state index is -0.744. The average molecular weight is 537 g/mol. The molecule has 0 aliphatic carbocycles. The van der Waals surface area contributed by atoms with E-state index in [-0.39, 0.29) is 17.1 Å². The molecular weight excluding hydrogens is 516 g/mol. The highest BCUT2D eigenvalue weighted by Crippen LogP contribution is 2.28. The van der Waals surface area contributed by atoms with Crippen LogP contribution in [0.1, 0.15) is 16.2 Å². The summed E-state index contributed by atoms with van der Waals surface area (Å²) in [4.78, 5) is 42.2. The normalized spacial score (nSPS) is 11.3. The van der Waals surface area contributed by atoms with Crippen LogP contribution < -0.4 is 17.0 Å². The number of fused-ring (bicyclic) bond motifs is 1. The van der Waals surface area contributed by atoms with E-state index >= 15 is 0 Å². The second-order valence-corrected chi connectivity index (χ2v) is 9.57. The minimum absolute atomic E-state index is 0.158. The molecule has 37 heavy (non-hydrogen) atoms. The Bertz CT molecular complexity index is 1790. The Balaban J connectivity index is 1.51. The predicted octanol–water partition coefficient (Wildman–Crippen LogP) is 2.27. The molecular formula is C24H21ClN8O3S. The molecule has 13 heteroatoms. The molecule has 5 aromatic rings. The van der Waals surface area contributed by atoms with Crippen molar-refractivity contribution >= 4 is 46.0 Å². The number of benzene rings is 2. The molecule has 0 radical (unpaired) electrons. The molecule has 0 fully saturated rings. The van der Waals surface area contributed by atoms with Gasteiger partial charge >= 0.3 is 5.69 Å². The molecule has 3 heterocycles. The number of Topliss-reactive ketones (excluding diaryl/α,β-unsaturated/α-hetero) is 1. The maximum atomic E-state index is 13.1. The van der Waals surface area contributed by atoms with Crippen LogP contribution in [0.5, 0.6) is 0 Å². The number of imidazole rings is 1. The summed E-state index contributed by atoms with van der Waals surface area (Å²) in [7, 11) is 2.70. The molecule has 0 unspecified atom stereocenters. The van der Waals surface area contributed by atoms with Crippen LogP contribution in [-0.2, 0) is 20.6 Å². The Morgan fingerprint density at radius 3 is 2.54 bits per heavy atom. The molecule has 5 rings (SSSR count). The highest BCUT2D eigenvalue weighted by Gasteiger charge is 2.23. The zero-order valence-corrected chi connectivity index (χ0v) is 21.4. The molecule has 0 saturated heterocycles. The minimum Gasteiger partial charge on any atom is -0.384 e. The average Bonchev–Trinajstić information content (AvgIpc) is 3.49. The zero-order valence-electron chi connectivity index (χ0n) is 19.8. The van der Waals surface area contributed by atoms with Crippen molar-refractivity contribution in [3.8, 4) is 5.69 Å². The first-order valence-corrected chi connectivity index (χ1v) is 12.4. The fourth-order valence-corrected chi connectivity index (χ4v) is 5.04. The third kappa shape index (κ3) is 4.34. The number of hydrogen-bond donors (Lipinski definition) is 1. The van der Waals surface area contributed by atoms with E-state index in [1.54, 1.807) is 17.0 Å². The van der Waals surface area contributed by atoms with Crippen molar-refractivity contribution in [3.63, 3.8) is 0 Å². The summed E-state index contributed by atoms with van der Waals surface area (Å²) < 4.78 is 5.64. The Labute approximate surface area is 219 Å². The lowest BCUT2D eigenvalue weighted by Crippen LogP contribution is -2.41. The molecule has 2 aromatic carbocycles. The number of carbonyl (C=O) groups excluding carboxylic acids is 1. The molecule has 0 aliphatic rings. The number of anilines is 1. The Morgan fingerprint density at radius 1 is 1.03 bits per heavy atom. The summed E-state index contributed by atoms with van der Waals surface area (Å²) >= 11 is 7.61. The fourth-order valence-electron chi connectivity index (χ4n) is 3.98. The molecule has 188 valence electrons. The standard InChI is InChI=1S/C24H21ClN8O3S/c1-30-21(26)20(22(35)31(2)24(30)36)18(34)12-37-23-29-28-19(33(23)16-9-5-3-7-14(16)25)11-32-13-27-15-8-4-6-10-17(15)32/h3-10,13H,11-12,26H2,1-2H3. The summed E-state index contributed by atoms with van der Waals surface area (Å²) in [5.41, 5.74) is 6.77. The lowest BCUT2D eigenvalue weighted by molar-refractivity contribution is 0.102. The van der Waals surface area contributed by atoms with E-state index in [2.05, 4.69) is 15.2 Å². The van der Waals surface area contributed by atoms with Gasteiger partial charge in [-0.3, -0.25) is 23.3 Å². The lowest BCUT2D eigenvalue weighted by Gasteiger charge is -2.13. The SMILES string of the molecule is Cn1c(N)c(C(=O)CSc2nnc(Cn3cnc4ccccc43)n2-c2ccccc2Cl)c(=O)n(C)c1=O. The van der Waals surface area contributed by atoms with E-state index < -0.39 is 17.0 Å². The number of para-hydroxylation sites is 3. The number of rotatable bonds is 7. The number of nitrogens with zero attached hydrogens (tertiary/aromatic N) is 7. The van der Waals surface area contributed by atoms with Crippen molar-refractivity contribution in [2.75, 3.05) is 11.5 Å². The van der Waals surface area contributed by atoms with Gasteiger partial charge in [0, 0.05) is 14.1 Å². The van der Waals surface area contributed by atoms with E-state index in [0.29, 0.717) is 28.2 Å². The summed E-state index contributed by atoms with van der Waals surface area (Å²) in [5.74, 6) is -0.300. The van der Waals surface area contributed by atoms with Gasteiger partial charge in [-0.25, -0.2) is 9.78 Å². The van der Waals surface area contributed by atoms with Gasteiger partial charge in [0.15, 0.2) is 16.8 Å². The Hall–Kier alpha value is -4.16. The second-order valence-electron chi connectivity index (χ2n) is 8.22. The van der Waals surface area contributed by atoms with Gasteiger partial charge < -0.3 is 10.3 Å². The summed E-state index contributed by atoms with van der Waals surface area (Å²) in [6.07, 6.45) is 1.73. The van der Waals surface area contributed by atoms with E-state index in [1.165, 1.54) is 14.1 Å². The summed E-state index contributed by atoms with van der Waals surface area (Å²) in [5, 5.41) is 9.57. The quantitative estimate of drug-likeness (QED) is 0.247. The van der Waals surface area contributed by atoms with Crippen LogP contribution in [0.4, 0.5) is 5.82 Å². The molecule has 2 N–H and O–H groups in total. The first-order chi connectivity index (χ1) is 17.8. The number of halogens is 1. The van der Waals surface area contributed by atoms with Crippen LogP contribution in [0.25, 0.3) is 16.7 Å². The van der Waals surface area contributed by atoms with Crippen LogP contribution in [0.3, 0.4) is 0 Å². The van der Waals surface area contributed by atoms with Gasteiger partial charge in [-0.1, -0.05) is 47.6 Å². The van der Waals surface area contributed by atoms with E-state index in [1.807, 2.05) is 47.0 Å². The van der Waals surface area contributed by atoms with Gasteiger partial charge in [0.25, 0.3) is 5.56 Å². The molecule has 0 saturated carbocycles. The molecule has 0 spiro atoms. The highest BCUT2D eigenvalue weighted by molar-refractivity contribution is 7.99. The molecule has 0 amide bonds. The number of nitrogen functional groups attached to an aromatic ring is 1.